The highest BCUT2D eigenvalue weighted by atomic mass is 16.5. The second-order valence-electron chi connectivity index (χ2n) is 2.63. The summed E-state index contributed by atoms with van der Waals surface area (Å²) in [6.45, 7) is 0.408. The van der Waals surface area contributed by atoms with Crippen molar-refractivity contribution < 1.29 is 9.47 Å². The van der Waals surface area contributed by atoms with Crippen molar-refractivity contribution in [2.45, 2.75) is 6.04 Å². The number of nitrogens with two attached hydrogens (primary N) is 1. The van der Waals surface area contributed by atoms with Crippen LogP contribution in [0.15, 0.2) is 12.4 Å². The molecule has 1 atom stereocenters. The highest BCUT2D eigenvalue weighted by Gasteiger charge is 2.16. The van der Waals surface area contributed by atoms with Gasteiger partial charge in [-0.3, -0.25) is 10.8 Å². The van der Waals surface area contributed by atoms with E-state index in [-0.39, 0.29) is 6.04 Å². The van der Waals surface area contributed by atoms with Crippen LogP contribution < -0.4 is 16.0 Å². The number of rotatable bonds is 5. The Morgan fingerprint density at radius 2 is 2.14 bits per heavy atom. The molecule has 6 nitrogen and oxygen atoms in total. The van der Waals surface area contributed by atoms with E-state index >= 15 is 0 Å². The first-order valence-corrected chi connectivity index (χ1v) is 4.13. The molecule has 1 unspecified atom stereocenters. The fourth-order valence-electron chi connectivity index (χ4n) is 1.10. The second kappa shape index (κ2) is 5.48. The van der Waals surface area contributed by atoms with Gasteiger partial charge in [0.15, 0.2) is 0 Å². The van der Waals surface area contributed by atoms with Crippen molar-refractivity contribution in [2.24, 2.45) is 5.84 Å². The minimum atomic E-state index is -0.219. The summed E-state index contributed by atoms with van der Waals surface area (Å²) >= 11 is 0. The summed E-state index contributed by atoms with van der Waals surface area (Å²) in [6, 6.07) is -0.219. The van der Waals surface area contributed by atoms with E-state index < -0.39 is 0 Å². The standard InChI is InChI=1S/C8H14N4O2/c1-13-5-6(12-9)7-8(14-2)11-4-3-10-7/h3-4,6,12H,5,9H2,1-2H3. The van der Waals surface area contributed by atoms with Gasteiger partial charge in [0, 0.05) is 19.5 Å². The highest BCUT2D eigenvalue weighted by Crippen LogP contribution is 2.18. The lowest BCUT2D eigenvalue weighted by atomic mass is 10.2. The Hall–Kier alpha value is -1.24. The third-order valence-corrected chi connectivity index (χ3v) is 1.75. The molecule has 0 aliphatic heterocycles. The number of ether oxygens (including phenoxy) is 2. The van der Waals surface area contributed by atoms with Crippen LogP contribution in [0.25, 0.3) is 0 Å². The zero-order valence-corrected chi connectivity index (χ0v) is 8.23. The van der Waals surface area contributed by atoms with E-state index in [0.717, 1.165) is 0 Å². The van der Waals surface area contributed by atoms with E-state index in [1.165, 1.54) is 7.11 Å². The highest BCUT2D eigenvalue weighted by molar-refractivity contribution is 5.20. The maximum Gasteiger partial charge on any atom is 0.237 e. The lowest BCUT2D eigenvalue weighted by molar-refractivity contribution is 0.164. The van der Waals surface area contributed by atoms with Gasteiger partial charge in [0.25, 0.3) is 0 Å². The largest absolute Gasteiger partial charge is 0.480 e. The molecule has 0 saturated carbocycles. The van der Waals surface area contributed by atoms with E-state index in [0.29, 0.717) is 18.2 Å². The van der Waals surface area contributed by atoms with Crippen molar-refractivity contribution >= 4 is 0 Å². The van der Waals surface area contributed by atoms with Crippen LogP contribution in [-0.2, 0) is 4.74 Å². The van der Waals surface area contributed by atoms with Crippen LogP contribution >= 0.6 is 0 Å². The van der Waals surface area contributed by atoms with Crippen molar-refractivity contribution in [3.63, 3.8) is 0 Å². The van der Waals surface area contributed by atoms with Gasteiger partial charge in [-0.2, -0.15) is 0 Å². The first kappa shape index (κ1) is 10.8. The Bertz CT molecular complexity index is 282. The molecule has 0 amide bonds. The molecule has 78 valence electrons. The third kappa shape index (κ3) is 2.38. The molecule has 6 heteroatoms. The number of nitrogens with one attached hydrogen (secondary N) is 1. The van der Waals surface area contributed by atoms with Crippen LogP contribution in [0, 0.1) is 0 Å². The van der Waals surface area contributed by atoms with E-state index in [2.05, 4.69) is 15.4 Å². The Morgan fingerprint density at radius 3 is 2.71 bits per heavy atom. The Balaban J connectivity index is 2.90. The molecule has 1 aromatic heterocycles. The third-order valence-electron chi connectivity index (χ3n) is 1.75. The molecule has 0 aromatic carbocycles. The van der Waals surface area contributed by atoms with Gasteiger partial charge >= 0.3 is 0 Å². The lowest BCUT2D eigenvalue weighted by Crippen LogP contribution is -2.32. The quantitative estimate of drug-likeness (QED) is 0.496. The van der Waals surface area contributed by atoms with Crippen molar-refractivity contribution in [1.29, 1.82) is 0 Å². The van der Waals surface area contributed by atoms with Crippen molar-refractivity contribution in [2.75, 3.05) is 20.8 Å². The van der Waals surface area contributed by atoms with Crippen LogP contribution in [0.3, 0.4) is 0 Å². The van der Waals surface area contributed by atoms with Gasteiger partial charge in [0.1, 0.15) is 5.69 Å². The topological polar surface area (TPSA) is 82.3 Å². The fraction of sp³-hybridized carbons (Fsp3) is 0.500. The predicted molar refractivity (Wildman–Crippen MR) is 50.5 cm³/mol. The number of hydrazine groups is 1. The molecule has 1 aromatic rings. The summed E-state index contributed by atoms with van der Waals surface area (Å²) in [6.07, 6.45) is 3.14. The second-order valence-corrected chi connectivity index (χ2v) is 2.63. The fourth-order valence-corrected chi connectivity index (χ4v) is 1.10. The smallest absolute Gasteiger partial charge is 0.237 e. The van der Waals surface area contributed by atoms with E-state index in [1.807, 2.05) is 0 Å². The monoisotopic (exact) mass is 198 g/mol. The van der Waals surface area contributed by atoms with Gasteiger partial charge in [-0.15, -0.1) is 0 Å². The first-order chi connectivity index (χ1) is 6.83. The molecule has 0 fully saturated rings. The Labute approximate surface area is 82.4 Å². The molecule has 1 rings (SSSR count). The molecule has 0 radical (unpaired) electrons. The van der Waals surface area contributed by atoms with Gasteiger partial charge in [-0.25, -0.2) is 10.4 Å². The number of hydrogen-bond donors (Lipinski definition) is 2. The number of methoxy groups -OCH3 is 2. The van der Waals surface area contributed by atoms with Gasteiger partial charge < -0.3 is 9.47 Å². The Morgan fingerprint density at radius 1 is 1.43 bits per heavy atom. The normalized spacial score (nSPS) is 12.5. The van der Waals surface area contributed by atoms with Gasteiger partial charge in [0.2, 0.25) is 5.88 Å². The van der Waals surface area contributed by atoms with Crippen molar-refractivity contribution in [1.82, 2.24) is 15.4 Å². The molecule has 1 heterocycles. The van der Waals surface area contributed by atoms with Crippen LogP contribution in [0.1, 0.15) is 11.7 Å². The SMILES string of the molecule is COCC(NN)c1nccnc1OC. The van der Waals surface area contributed by atoms with Gasteiger partial charge in [-0.05, 0) is 0 Å². The van der Waals surface area contributed by atoms with Gasteiger partial charge in [0.05, 0.1) is 19.8 Å². The van der Waals surface area contributed by atoms with Crippen molar-refractivity contribution in [3.05, 3.63) is 18.1 Å². The van der Waals surface area contributed by atoms with E-state index in [4.69, 9.17) is 15.3 Å². The molecular weight excluding hydrogens is 184 g/mol. The predicted octanol–water partition coefficient (Wildman–Crippen LogP) is -0.364. The summed E-state index contributed by atoms with van der Waals surface area (Å²) in [4.78, 5) is 8.14. The summed E-state index contributed by atoms with van der Waals surface area (Å²) in [5.41, 5.74) is 3.22. The molecule has 0 aliphatic rings. The summed E-state index contributed by atoms with van der Waals surface area (Å²) in [5.74, 6) is 5.81. The first-order valence-electron chi connectivity index (χ1n) is 4.13. The van der Waals surface area contributed by atoms with Crippen LogP contribution in [0.5, 0.6) is 5.88 Å². The summed E-state index contributed by atoms with van der Waals surface area (Å²) in [5, 5.41) is 0. The summed E-state index contributed by atoms with van der Waals surface area (Å²) in [7, 11) is 3.13. The minimum absolute atomic E-state index is 0.219. The average Bonchev–Trinajstić information content (AvgIpc) is 2.26. The lowest BCUT2D eigenvalue weighted by Gasteiger charge is -2.15. The van der Waals surface area contributed by atoms with Crippen molar-refractivity contribution in [3.8, 4) is 5.88 Å². The molecule has 3 N–H and O–H groups in total. The van der Waals surface area contributed by atoms with Crippen LogP contribution in [0.4, 0.5) is 0 Å². The van der Waals surface area contributed by atoms with Crippen LogP contribution in [-0.4, -0.2) is 30.8 Å². The molecule has 0 aliphatic carbocycles. The average molecular weight is 198 g/mol. The molecular formula is C8H14N4O2. The molecule has 0 spiro atoms. The zero-order valence-electron chi connectivity index (χ0n) is 8.23. The molecule has 0 bridgehead atoms. The zero-order chi connectivity index (χ0) is 10.4. The Kier molecular flexibility index (Phi) is 4.24. The number of aromatic nitrogens is 2. The van der Waals surface area contributed by atoms with Crippen LogP contribution in [0.2, 0.25) is 0 Å². The molecule has 0 saturated heterocycles. The number of hydrogen-bond acceptors (Lipinski definition) is 6. The number of nitrogens with zero attached hydrogens (tertiary/aromatic N) is 2. The maximum atomic E-state index is 5.36. The van der Waals surface area contributed by atoms with Gasteiger partial charge in [-0.1, -0.05) is 0 Å². The maximum absolute atomic E-state index is 5.36. The summed E-state index contributed by atoms with van der Waals surface area (Å²) < 4.78 is 10.0. The van der Waals surface area contributed by atoms with E-state index in [9.17, 15) is 0 Å². The molecule has 14 heavy (non-hydrogen) atoms. The minimum Gasteiger partial charge on any atom is -0.480 e. The van der Waals surface area contributed by atoms with E-state index in [1.54, 1.807) is 19.5 Å².